The molecule has 0 spiro atoms. The summed E-state index contributed by atoms with van der Waals surface area (Å²) in [6, 6.07) is 3.64. The largest absolute Gasteiger partial charge is 0.495 e. The van der Waals surface area contributed by atoms with Gasteiger partial charge < -0.3 is 9.47 Å². The molecule has 1 fully saturated rings. The molecule has 0 unspecified atom stereocenters. The molecular formula is C14H12ClN3O5. The van der Waals surface area contributed by atoms with Gasteiger partial charge in [-0.2, -0.15) is 5.10 Å². The summed E-state index contributed by atoms with van der Waals surface area (Å²) in [7, 11) is 2.59. The zero-order valence-corrected chi connectivity index (χ0v) is 13.0. The number of hydrazone groups is 1. The highest BCUT2D eigenvalue weighted by Crippen LogP contribution is 2.37. The first-order valence-electron chi connectivity index (χ1n) is 6.62. The molecule has 0 radical (unpaired) electrons. The molecule has 1 aromatic carbocycles. The lowest BCUT2D eigenvalue weighted by Gasteiger charge is -2.18. The van der Waals surface area contributed by atoms with Gasteiger partial charge in [0.05, 0.1) is 19.9 Å². The molecule has 1 aromatic rings. The van der Waals surface area contributed by atoms with Gasteiger partial charge in [0.25, 0.3) is 5.91 Å². The number of rotatable bonds is 3. The van der Waals surface area contributed by atoms with Crippen molar-refractivity contribution in [1.29, 1.82) is 0 Å². The van der Waals surface area contributed by atoms with Crippen LogP contribution in [0.3, 0.4) is 0 Å². The van der Waals surface area contributed by atoms with Crippen LogP contribution in [-0.2, 0) is 19.1 Å². The Morgan fingerprint density at radius 1 is 1.30 bits per heavy atom. The van der Waals surface area contributed by atoms with Crippen molar-refractivity contribution in [3.8, 4) is 5.75 Å². The number of halogens is 1. The van der Waals surface area contributed by atoms with Crippen LogP contribution < -0.4 is 15.1 Å². The van der Waals surface area contributed by atoms with Crippen molar-refractivity contribution in [3.05, 3.63) is 23.2 Å². The van der Waals surface area contributed by atoms with E-state index < -0.39 is 29.7 Å². The van der Waals surface area contributed by atoms with E-state index in [1.165, 1.54) is 20.3 Å². The van der Waals surface area contributed by atoms with Crippen molar-refractivity contribution in [2.45, 2.75) is 6.04 Å². The van der Waals surface area contributed by atoms with Crippen molar-refractivity contribution in [2.75, 3.05) is 19.1 Å². The first kappa shape index (κ1) is 15.3. The fourth-order valence-electron chi connectivity index (χ4n) is 2.64. The third kappa shape index (κ3) is 2.22. The van der Waals surface area contributed by atoms with Crippen LogP contribution in [0.5, 0.6) is 5.75 Å². The number of imide groups is 1. The number of esters is 1. The maximum atomic E-state index is 12.7. The van der Waals surface area contributed by atoms with Crippen LogP contribution in [0.2, 0.25) is 5.02 Å². The Morgan fingerprint density at radius 3 is 2.70 bits per heavy atom. The van der Waals surface area contributed by atoms with Crippen LogP contribution in [-0.4, -0.2) is 43.8 Å². The van der Waals surface area contributed by atoms with Crippen LogP contribution >= 0.6 is 11.6 Å². The third-order valence-electron chi connectivity index (χ3n) is 3.70. The molecule has 2 amide bonds. The number of carbonyl (C=O) groups excluding carboxylic acids is 3. The summed E-state index contributed by atoms with van der Waals surface area (Å²) in [6.45, 7) is 0. The molecule has 0 bridgehead atoms. The normalized spacial score (nSPS) is 22.6. The molecule has 2 aliphatic rings. The van der Waals surface area contributed by atoms with E-state index >= 15 is 0 Å². The van der Waals surface area contributed by atoms with Gasteiger partial charge in [0.1, 0.15) is 17.7 Å². The molecule has 0 aromatic heterocycles. The highest BCUT2D eigenvalue weighted by Gasteiger charge is 2.56. The summed E-state index contributed by atoms with van der Waals surface area (Å²) in [5.74, 6) is -2.60. The molecule has 0 aliphatic carbocycles. The predicted molar refractivity (Wildman–Crippen MR) is 80.4 cm³/mol. The van der Waals surface area contributed by atoms with Crippen LogP contribution in [0.25, 0.3) is 0 Å². The molecule has 120 valence electrons. The van der Waals surface area contributed by atoms with Gasteiger partial charge in [0.15, 0.2) is 5.71 Å². The summed E-state index contributed by atoms with van der Waals surface area (Å²) in [4.78, 5) is 37.9. The number of amides is 2. The van der Waals surface area contributed by atoms with Gasteiger partial charge in [0, 0.05) is 5.02 Å². The van der Waals surface area contributed by atoms with Crippen LogP contribution in [0, 0.1) is 5.92 Å². The van der Waals surface area contributed by atoms with Gasteiger partial charge in [-0.25, -0.2) is 9.69 Å². The Morgan fingerprint density at radius 2 is 2.04 bits per heavy atom. The number of hydrogen-bond donors (Lipinski definition) is 1. The van der Waals surface area contributed by atoms with Gasteiger partial charge >= 0.3 is 5.97 Å². The van der Waals surface area contributed by atoms with Crippen molar-refractivity contribution >= 4 is 40.8 Å². The van der Waals surface area contributed by atoms with Crippen LogP contribution in [0.15, 0.2) is 23.3 Å². The average Bonchev–Trinajstić information content (AvgIpc) is 3.08. The monoisotopic (exact) mass is 337 g/mol. The van der Waals surface area contributed by atoms with Gasteiger partial charge in [-0.3, -0.25) is 15.0 Å². The minimum Gasteiger partial charge on any atom is -0.495 e. The molecule has 2 atom stereocenters. The number of fused-ring (bicyclic) bond motifs is 1. The molecule has 0 saturated carbocycles. The topological polar surface area (TPSA) is 97.3 Å². The number of nitrogens with one attached hydrogen (secondary N) is 1. The van der Waals surface area contributed by atoms with Crippen molar-refractivity contribution in [3.63, 3.8) is 0 Å². The molecule has 23 heavy (non-hydrogen) atoms. The van der Waals surface area contributed by atoms with E-state index in [4.69, 9.17) is 16.3 Å². The van der Waals surface area contributed by atoms with E-state index in [1.807, 2.05) is 0 Å². The number of methoxy groups -OCH3 is 2. The second-order valence-electron chi connectivity index (χ2n) is 4.90. The minimum atomic E-state index is -1.03. The molecule has 3 rings (SSSR count). The molecule has 2 heterocycles. The minimum absolute atomic E-state index is 0.126. The standard InChI is InChI=1S/C14H12ClN3O5/c1-22-8-4-3-6(15)5-7(8)18-12(19)9-10(13(18)20)16-17-11(9)14(21)23-2/h3-5,9-10,16H,1-2H3/t9-,10+/m0/s1. The maximum Gasteiger partial charge on any atom is 0.355 e. The number of benzene rings is 1. The zero-order chi connectivity index (χ0) is 16.7. The average molecular weight is 338 g/mol. The number of nitrogens with zero attached hydrogens (tertiary/aromatic N) is 2. The highest BCUT2D eigenvalue weighted by atomic mass is 35.5. The number of anilines is 1. The fraction of sp³-hybridized carbons (Fsp3) is 0.286. The Bertz CT molecular complexity index is 748. The molecule has 1 saturated heterocycles. The van der Waals surface area contributed by atoms with Crippen molar-refractivity contribution in [2.24, 2.45) is 11.0 Å². The zero-order valence-electron chi connectivity index (χ0n) is 12.2. The van der Waals surface area contributed by atoms with E-state index in [-0.39, 0.29) is 11.4 Å². The third-order valence-corrected chi connectivity index (χ3v) is 3.94. The predicted octanol–water partition coefficient (Wildman–Crippen LogP) is 0.339. The second-order valence-corrected chi connectivity index (χ2v) is 5.34. The van der Waals surface area contributed by atoms with E-state index in [9.17, 15) is 14.4 Å². The van der Waals surface area contributed by atoms with E-state index in [0.717, 1.165) is 4.90 Å². The van der Waals surface area contributed by atoms with Gasteiger partial charge in [-0.1, -0.05) is 11.6 Å². The summed E-state index contributed by atoms with van der Waals surface area (Å²) in [5.41, 5.74) is 2.61. The lowest BCUT2D eigenvalue weighted by Crippen LogP contribution is -2.36. The molecule has 8 nitrogen and oxygen atoms in total. The van der Waals surface area contributed by atoms with E-state index in [1.54, 1.807) is 12.1 Å². The Labute approximate surface area is 136 Å². The lowest BCUT2D eigenvalue weighted by atomic mass is 9.99. The van der Waals surface area contributed by atoms with Crippen LogP contribution in [0.4, 0.5) is 5.69 Å². The van der Waals surface area contributed by atoms with E-state index in [0.29, 0.717) is 10.8 Å². The Kier molecular flexibility index (Phi) is 3.69. The van der Waals surface area contributed by atoms with Gasteiger partial charge in [0.2, 0.25) is 5.91 Å². The Hall–Kier alpha value is -2.61. The number of ether oxygens (including phenoxy) is 2. The first-order valence-corrected chi connectivity index (χ1v) is 7.00. The molecule has 9 heteroatoms. The highest BCUT2D eigenvalue weighted by molar-refractivity contribution is 6.46. The van der Waals surface area contributed by atoms with Gasteiger partial charge in [-0.05, 0) is 18.2 Å². The SMILES string of the molecule is COC(=O)C1=NN[C@H]2C(=O)N(c3cc(Cl)ccc3OC)C(=O)[C@H]12. The molecule has 1 N–H and O–H groups in total. The second kappa shape index (κ2) is 5.54. The quantitative estimate of drug-likeness (QED) is 0.631. The van der Waals surface area contributed by atoms with Crippen LogP contribution in [0.1, 0.15) is 0 Å². The van der Waals surface area contributed by atoms with Crippen molar-refractivity contribution < 1.29 is 23.9 Å². The Balaban J connectivity index is 2.03. The lowest BCUT2D eigenvalue weighted by molar-refractivity contribution is -0.133. The molecular weight excluding hydrogens is 326 g/mol. The maximum absolute atomic E-state index is 12.7. The smallest absolute Gasteiger partial charge is 0.355 e. The van der Waals surface area contributed by atoms with Crippen molar-refractivity contribution in [1.82, 2.24) is 5.43 Å². The first-order chi connectivity index (χ1) is 11.0. The summed E-state index contributed by atoms with van der Waals surface area (Å²) < 4.78 is 9.77. The fourth-order valence-corrected chi connectivity index (χ4v) is 2.80. The summed E-state index contributed by atoms with van der Waals surface area (Å²) >= 11 is 5.95. The summed E-state index contributed by atoms with van der Waals surface area (Å²) in [6.07, 6.45) is 0. The molecule has 2 aliphatic heterocycles. The number of hydrogen-bond acceptors (Lipinski definition) is 7. The number of carbonyl (C=O) groups is 3. The summed E-state index contributed by atoms with van der Waals surface area (Å²) in [5, 5.41) is 4.09. The van der Waals surface area contributed by atoms with Gasteiger partial charge in [-0.15, -0.1) is 0 Å². The van der Waals surface area contributed by atoms with E-state index in [2.05, 4.69) is 15.3 Å².